The number of pyridine rings is 2. The van der Waals surface area contributed by atoms with Crippen molar-refractivity contribution < 1.29 is 9.47 Å². The summed E-state index contributed by atoms with van der Waals surface area (Å²) >= 11 is 0. The molecule has 0 unspecified atom stereocenters. The van der Waals surface area contributed by atoms with Gasteiger partial charge in [-0.2, -0.15) is 0 Å². The number of hydrogen-bond donors (Lipinski definition) is 1. The van der Waals surface area contributed by atoms with Crippen molar-refractivity contribution in [2.45, 2.75) is 13.5 Å². The van der Waals surface area contributed by atoms with Crippen LogP contribution in [-0.2, 0) is 6.54 Å². The zero-order valence-electron chi connectivity index (χ0n) is 18.4. The molecule has 5 rings (SSSR count). The number of rotatable bonds is 7. The van der Waals surface area contributed by atoms with Gasteiger partial charge in [0.1, 0.15) is 5.82 Å². The number of imidazole rings is 1. The Morgan fingerprint density at radius 3 is 2.70 bits per heavy atom. The molecule has 0 bridgehead atoms. The number of methoxy groups -OCH3 is 2. The number of nitrogens with one attached hydrogen (secondary N) is 1. The third-order valence-electron chi connectivity index (χ3n) is 5.02. The molecule has 5 heterocycles. The number of fused-ring (bicyclic) bond motifs is 1. The smallest absolute Gasteiger partial charge is 0.256 e. The van der Waals surface area contributed by atoms with E-state index in [1.54, 1.807) is 31.3 Å². The van der Waals surface area contributed by atoms with E-state index in [0.717, 1.165) is 22.6 Å². The van der Waals surface area contributed by atoms with Crippen LogP contribution < -0.4 is 14.8 Å². The summed E-state index contributed by atoms with van der Waals surface area (Å²) < 4.78 is 14.3. The quantitative estimate of drug-likeness (QED) is 0.408. The highest BCUT2D eigenvalue weighted by atomic mass is 16.5. The standard InChI is InChI=1S/C23H22N8O2/c1-15-12-30(14-25-15)13-17-5-4-6-20(26-17)28-21-10-22-27-18(7-8-31(22)29-21)16-9-19(32-2)23(33-3)24-11-16/h4-12,14H,13H2,1-3H3,(H,26,28,29). The lowest BCUT2D eigenvalue weighted by Crippen LogP contribution is -2.02. The third-order valence-corrected chi connectivity index (χ3v) is 5.02. The van der Waals surface area contributed by atoms with Crippen LogP contribution in [0.1, 0.15) is 11.4 Å². The Morgan fingerprint density at radius 2 is 1.91 bits per heavy atom. The van der Waals surface area contributed by atoms with E-state index in [1.807, 2.05) is 60.3 Å². The summed E-state index contributed by atoms with van der Waals surface area (Å²) in [5, 5.41) is 7.81. The molecule has 0 fully saturated rings. The number of hydrogen-bond acceptors (Lipinski definition) is 8. The first kappa shape index (κ1) is 20.4. The van der Waals surface area contributed by atoms with E-state index in [-0.39, 0.29) is 0 Å². The molecule has 10 heteroatoms. The maximum Gasteiger partial charge on any atom is 0.256 e. The molecule has 5 aromatic heterocycles. The second-order valence-electron chi connectivity index (χ2n) is 7.41. The Kier molecular flexibility index (Phi) is 5.31. The highest BCUT2D eigenvalue weighted by Gasteiger charge is 2.11. The van der Waals surface area contributed by atoms with Crippen molar-refractivity contribution in [3.05, 3.63) is 72.7 Å². The molecule has 0 amide bonds. The maximum atomic E-state index is 5.35. The van der Waals surface area contributed by atoms with Gasteiger partial charge >= 0.3 is 0 Å². The van der Waals surface area contributed by atoms with Crippen molar-refractivity contribution in [2.24, 2.45) is 0 Å². The van der Waals surface area contributed by atoms with E-state index in [4.69, 9.17) is 14.5 Å². The summed E-state index contributed by atoms with van der Waals surface area (Å²) in [4.78, 5) is 17.9. The molecule has 10 nitrogen and oxygen atoms in total. The molecule has 0 aliphatic rings. The predicted octanol–water partition coefficient (Wildman–Crippen LogP) is 3.50. The number of aromatic nitrogens is 7. The fraction of sp³-hybridized carbons (Fsp3) is 0.174. The van der Waals surface area contributed by atoms with Crippen LogP contribution in [0.25, 0.3) is 16.9 Å². The number of anilines is 2. The lowest BCUT2D eigenvalue weighted by Gasteiger charge is -2.08. The zero-order chi connectivity index (χ0) is 22.8. The van der Waals surface area contributed by atoms with Crippen molar-refractivity contribution in [3.63, 3.8) is 0 Å². The van der Waals surface area contributed by atoms with Gasteiger partial charge in [0.15, 0.2) is 17.2 Å². The van der Waals surface area contributed by atoms with E-state index < -0.39 is 0 Å². The number of nitrogens with zero attached hydrogens (tertiary/aromatic N) is 7. The second-order valence-corrected chi connectivity index (χ2v) is 7.41. The fourth-order valence-electron chi connectivity index (χ4n) is 3.49. The molecule has 0 aliphatic heterocycles. The SMILES string of the molecule is COc1cc(-c2ccn3nc(Nc4cccc(Cn5cnc(C)c5)n4)cc3n2)cnc1OC. The van der Waals surface area contributed by atoms with Crippen LogP contribution in [-0.4, -0.2) is 48.3 Å². The Balaban J connectivity index is 1.38. The molecule has 166 valence electrons. The number of ether oxygens (including phenoxy) is 2. The minimum atomic E-state index is 0.427. The van der Waals surface area contributed by atoms with Crippen LogP contribution in [0.4, 0.5) is 11.6 Å². The van der Waals surface area contributed by atoms with Gasteiger partial charge < -0.3 is 19.4 Å². The molecule has 0 saturated carbocycles. The van der Waals surface area contributed by atoms with E-state index >= 15 is 0 Å². The summed E-state index contributed by atoms with van der Waals surface area (Å²) in [5.74, 6) is 2.32. The summed E-state index contributed by atoms with van der Waals surface area (Å²) in [7, 11) is 3.13. The zero-order valence-corrected chi connectivity index (χ0v) is 18.4. The maximum absolute atomic E-state index is 5.35. The Bertz CT molecular complexity index is 1430. The Morgan fingerprint density at radius 1 is 1.00 bits per heavy atom. The minimum Gasteiger partial charge on any atom is -0.491 e. The molecule has 33 heavy (non-hydrogen) atoms. The molecule has 0 aliphatic carbocycles. The largest absolute Gasteiger partial charge is 0.491 e. The van der Waals surface area contributed by atoms with Crippen molar-refractivity contribution >= 4 is 17.3 Å². The first-order valence-corrected chi connectivity index (χ1v) is 10.3. The summed E-state index contributed by atoms with van der Waals surface area (Å²) in [6.45, 7) is 2.61. The van der Waals surface area contributed by atoms with Crippen molar-refractivity contribution in [1.82, 2.24) is 34.1 Å². The molecule has 0 atom stereocenters. The monoisotopic (exact) mass is 442 g/mol. The van der Waals surface area contributed by atoms with Gasteiger partial charge in [-0.15, -0.1) is 5.10 Å². The second kappa shape index (κ2) is 8.58. The molecule has 0 aromatic carbocycles. The lowest BCUT2D eigenvalue weighted by molar-refractivity contribution is 0.343. The van der Waals surface area contributed by atoms with Crippen LogP contribution >= 0.6 is 0 Å². The predicted molar refractivity (Wildman–Crippen MR) is 123 cm³/mol. The normalized spacial score (nSPS) is 11.0. The molecule has 0 radical (unpaired) electrons. The van der Waals surface area contributed by atoms with Crippen LogP contribution in [0.5, 0.6) is 11.6 Å². The first-order chi connectivity index (χ1) is 16.1. The third kappa shape index (κ3) is 4.31. The summed E-state index contributed by atoms with van der Waals surface area (Å²) in [6, 6.07) is 11.4. The van der Waals surface area contributed by atoms with E-state index in [0.29, 0.717) is 35.5 Å². The van der Waals surface area contributed by atoms with Crippen LogP contribution in [0.3, 0.4) is 0 Å². The van der Waals surface area contributed by atoms with Gasteiger partial charge in [0, 0.05) is 30.2 Å². The van der Waals surface area contributed by atoms with Gasteiger partial charge in [-0.3, -0.25) is 0 Å². The topological polar surface area (TPSA) is 104 Å². The molecule has 1 N–H and O–H groups in total. The Labute approximate surface area is 189 Å². The van der Waals surface area contributed by atoms with Gasteiger partial charge in [-0.05, 0) is 31.2 Å². The van der Waals surface area contributed by atoms with E-state index in [1.165, 1.54) is 0 Å². The van der Waals surface area contributed by atoms with Crippen LogP contribution in [0.2, 0.25) is 0 Å². The number of aryl methyl sites for hydroxylation is 1. The van der Waals surface area contributed by atoms with Crippen molar-refractivity contribution in [1.29, 1.82) is 0 Å². The van der Waals surface area contributed by atoms with Gasteiger partial charge in [-0.25, -0.2) is 24.5 Å². The fourth-order valence-corrected chi connectivity index (χ4v) is 3.49. The highest BCUT2D eigenvalue weighted by Crippen LogP contribution is 2.29. The van der Waals surface area contributed by atoms with Gasteiger partial charge in [0.2, 0.25) is 0 Å². The van der Waals surface area contributed by atoms with Gasteiger partial charge in [-0.1, -0.05) is 6.07 Å². The molecular weight excluding hydrogens is 420 g/mol. The van der Waals surface area contributed by atoms with Crippen LogP contribution in [0, 0.1) is 6.92 Å². The van der Waals surface area contributed by atoms with E-state index in [9.17, 15) is 0 Å². The molecule has 0 saturated heterocycles. The molecule has 0 spiro atoms. The van der Waals surface area contributed by atoms with Gasteiger partial charge in [0.25, 0.3) is 5.88 Å². The average molecular weight is 442 g/mol. The van der Waals surface area contributed by atoms with Crippen molar-refractivity contribution in [3.8, 4) is 22.9 Å². The summed E-state index contributed by atoms with van der Waals surface area (Å²) in [5.41, 5.74) is 4.15. The van der Waals surface area contributed by atoms with Gasteiger partial charge in [0.05, 0.1) is 44.2 Å². The first-order valence-electron chi connectivity index (χ1n) is 10.3. The van der Waals surface area contributed by atoms with Crippen molar-refractivity contribution in [2.75, 3.05) is 19.5 Å². The highest BCUT2D eigenvalue weighted by molar-refractivity contribution is 5.65. The van der Waals surface area contributed by atoms with Crippen LogP contribution in [0.15, 0.2) is 61.3 Å². The average Bonchev–Trinajstić information content (AvgIpc) is 3.43. The van der Waals surface area contributed by atoms with E-state index in [2.05, 4.69) is 25.4 Å². The molecular formula is C23H22N8O2. The minimum absolute atomic E-state index is 0.427. The Hall–Kier alpha value is -4.47. The summed E-state index contributed by atoms with van der Waals surface area (Å²) in [6.07, 6.45) is 7.34. The molecule has 5 aromatic rings. The lowest BCUT2D eigenvalue weighted by atomic mass is 10.2.